The number of nitrogens with one attached hydrogen (secondary N) is 1. The highest BCUT2D eigenvalue weighted by atomic mass is 16.6. The van der Waals surface area contributed by atoms with Gasteiger partial charge in [0.2, 0.25) is 0 Å². The quantitative estimate of drug-likeness (QED) is 0.420. The first-order valence-electron chi connectivity index (χ1n) is 8.20. The molecule has 3 aromatic carbocycles. The number of anilines is 1. The van der Waals surface area contributed by atoms with Crippen molar-refractivity contribution in [3.05, 3.63) is 82.4 Å². The third kappa shape index (κ3) is 4.09. The summed E-state index contributed by atoms with van der Waals surface area (Å²) in [4.78, 5) is 34.8. The van der Waals surface area contributed by atoms with E-state index >= 15 is 0 Å². The third-order valence-electron chi connectivity index (χ3n) is 3.99. The molecular formula is C20H16N2O5. The normalized spacial score (nSPS) is 11.6. The average Bonchev–Trinajstić information content (AvgIpc) is 2.68. The summed E-state index contributed by atoms with van der Waals surface area (Å²) in [7, 11) is 0. The minimum absolute atomic E-state index is 0.00834. The highest BCUT2D eigenvalue weighted by molar-refractivity contribution is 6.04. The molecule has 0 aliphatic heterocycles. The fourth-order valence-electron chi connectivity index (χ4n) is 2.60. The SMILES string of the molecule is C[C@@H](OC(=O)c1cccc([N+](=O)[O-])c1)C(=O)Nc1cccc2ccccc12. The standard InChI is InChI=1S/C20H16N2O5/c1-13(27-20(24)15-8-4-9-16(12-15)22(25)26)19(23)21-18-11-5-7-14-6-2-3-10-17(14)18/h2-13H,1H3,(H,21,23)/t13-/m1/s1. The Morgan fingerprint density at radius 1 is 1.04 bits per heavy atom. The number of non-ortho nitro benzene ring substituents is 1. The number of nitrogens with zero attached hydrogens (tertiary/aromatic N) is 1. The number of benzene rings is 3. The number of hydrogen-bond acceptors (Lipinski definition) is 5. The first-order valence-corrected chi connectivity index (χ1v) is 8.20. The summed E-state index contributed by atoms with van der Waals surface area (Å²) in [6.07, 6.45) is -1.07. The van der Waals surface area contributed by atoms with Crippen molar-refractivity contribution in [1.29, 1.82) is 0 Å². The van der Waals surface area contributed by atoms with Crippen molar-refractivity contribution >= 4 is 34.0 Å². The summed E-state index contributed by atoms with van der Waals surface area (Å²) in [6, 6.07) is 18.2. The van der Waals surface area contributed by atoms with Gasteiger partial charge in [-0.25, -0.2) is 4.79 Å². The zero-order valence-electron chi connectivity index (χ0n) is 14.4. The van der Waals surface area contributed by atoms with Crippen LogP contribution < -0.4 is 5.32 Å². The van der Waals surface area contributed by atoms with E-state index in [0.717, 1.165) is 16.8 Å². The third-order valence-corrected chi connectivity index (χ3v) is 3.99. The fourth-order valence-corrected chi connectivity index (χ4v) is 2.60. The molecule has 7 nitrogen and oxygen atoms in total. The Morgan fingerprint density at radius 2 is 1.74 bits per heavy atom. The second kappa shape index (κ2) is 7.65. The second-order valence-electron chi connectivity index (χ2n) is 5.87. The van der Waals surface area contributed by atoms with Crippen molar-refractivity contribution in [1.82, 2.24) is 0 Å². The molecule has 0 aromatic heterocycles. The molecule has 0 heterocycles. The smallest absolute Gasteiger partial charge is 0.339 e. The maximum atomic E-state index is 12.4. The highest BCUT2D eigenvalue weighted by Crippen LogP contribution is 2.23. The lowest BCUT2D eigenvalue weighted by Crippen LogP contribution is -2.30. The van der Waals surface area contributed by atoms with Gasteiger partial charge < -0.3 is 10.1 Å². The molecule has 1 amide bonds. The van der Waals surface area contributed by atoms with Crippen molar-refractivity contribution in [3.8, 4) is 0 Å². The lowest BCUT2D eigenvalue weighted by atomic mass is 10.1. The van der Waals surface area contributed by atoms with Crippen LogP contribution >= 0.6 is 0 Å². The molecule has 0 saturated heterocycles. The van der Waals surface area contributed by atoms with Crippen molar-refractivity contribution in [3.63, 3.8) is 0 Å². The van der Waals surface area contributed by atoms with E-state index in [9.17, 15) is 19.7 Å². The van der Waals surface area contributed by atoms with E-state index < -0.39 is 22.9 Å². The number of ether oxygens (including phenoxy) is 1. The van der Waals surface area contributed by atoms with Crippen LogP contribution in [0.4, 0.5) is 11.4 Å². The first-order chi connectivity index (χ1) is 13.0. The van der Waals surface area contributed by atoms with Crippen LogP contribution in [0.15, 0.2) is 66.7 Å². The van der Waals surface area contributed by atoms with Gasteiger partial charge in [0.05, 0.1) is 10.5 Å². The van der Waals surface area contributed by atoms with Crippen molar-refractivity contribution in [2.75, 3.05) is 5.32 Å². The Labute approximate surface area is 154 Å². The molecule has 1 atom stereocenters. The predicted octanol–water partition coefficient (Wildman–Crippen LogP) is 3.93. The topological polar surface area (TPSA) is 98.5 Å². The van der Waals surface area contributed by atoms with E-state index in [1.54, 1.807) is 6.07 Å². The lowest BCUT2D eigenvalue weighted by Gasteiger charge is -2.14. The molecule has 3 aromatic rings. The number of hydrogen-bond donors (Lipinski definition) is 1. The molecule has 27 heavy (non-hydrogen) atoms. The summed E-state index contributed by atoms with van der Waals surface area (Å²) >= 11 is 0. The van der Waals surface area contributed by atoms with Crippen LogP contribution in [-0.2, 0) is 9.53 Å². The van der Waals surface area contributed by atoms with Crippen LogP contribution in [0.1, 0.15) is 17.3 Å². The molecule has 136 valence electrons. The molecule has 1 N–H and O–H groups in total. The van der Waals surface area contributed by atoms with Crippen molar-refractivity contribution < 1.29 is 19.2 Å². The van der Waals surface area contributed by atoms with Gasteiger partial charge in [-0.1, -0.05) is 42.5 Å². The van der Waals surface area contributed by atoms with E-state index in [-0.39, 0.29) is 11.3 Å². The minimum atomic E-state index is -1.07. The Balaban J connectivity index is 1.71. The molecule has 0 unspecified atom stereocenters. The average molecular weight is 364 g/mol. The largest absolute Gasteiger partial charge is 0.449 e. The summed E-state index contributed by atoms with van der Waals surface area (Å²) in [5.41, 5.74) is 0.391. The number of nitro benzene ring substituents is 1. The summed E-state index contributed by atoms with van der Waals surface area (Å²) in [5.74, 6) is -1.30. The van der Waals surface area contributed by atoms with Crippen molar-refractivity contribution in [2.24, 2.45) is 0 Å². The fraction of sp³-hybridized carbons (Fsp3) is 0.100. The van der Waals surface area contributed by atoms with Gasteiger partial charge in [0, 0.05) is 23.2 Å². The molecule has 0 radical (unpaired) electrons. The van der Waals surface area contributed by atoms with Crippen LogP contribution in [0.2, 0.25) is 0 Å². The maximum Gasteiger partial charge on any atom is 0.339 e. The van der Waals surface area contributed by atoms with E-state index in [0.29, 0.717) is 5.69 Å². The van der Waals surface area contributed by atoms with Gasteiger partial charge in [0.15, 0.2) is 6.10 Å². The van der Waals surface area contributed by atoms with E-state index in [1.807, 2.05) is 36.4 Å². The number of carbonyl (C=O) groups is 2. The predicted molar refractivity (Wildman–Crippen MR) is 101 cm³/mol. The summed E-state index contributed by atoms with van der Waals surface area (Å²) < 4.78 is 5.14. The zero-order valence-corrected chi connectivity index (χ0v) is 14.4. The van der Waals surface area contributed by atoms with Gasteiger partial charge in [0.1, 0.15) is 0 Å². The minimum Gasteiger partial charge on any atom is -0.449 e. The molecule has 0 bridgehead atoms. The summed E-state index contributed by atoms with van der Waals surface area (Å²) in [6.45, 7) is 1.44. The summed E-state index contributed by atoms with van der Waals surface area (Å²) in [5, 5.41) is 15.4. The van der Waals surface area contributed by atoms with Gasteiger partial charge in [-0.2, -0.15) is 0 Å². The van der Waals surface area contributed by atoms with Crippen LogP contribution in [0.25, 0.3) is 10.8 Å². The Hall–Kier alpha value is -3.74. The molecule has 0 fully saturated rings. The van der Waals surface area contributed by atoms with Gasteiger partial charge >= 0.3 is 5.97 Å². The van der Waals surface area contributed by atoms with Gasteiger partial charge in [-0.05, 0) is 24.4 Å². The van der Waals surface area contributed by atoms with Gasteiger partial charge in [-0.3, -0.25) is 14.9 Å². The maximum absolute atomic E-state index is 12.4. The zero-order chi connectivity index (χ0) is 19.4. The molecule has 0 aliphatic carbocycles. The number of fused-ring (bicyclic) bond motifs is 1. The number of rotatable bonds is 5. The van der Waals surface area contributed by atoms with E-state index in [1.165, 1.54) is 25.1 Å². The first kappa shape index (κ1) is 18.1. The highest BCUT2D eigenvalue weighted by Gasteiger charge is 2.21. The van der Waals surface area contributed by atoms with Crippen LogP contribution in [0, 0.1) is 10.1 Å². The lowest BCUT2D eigenvalue weighted by molar-refractivity contribution is -0.384. The Morgan fingerprint density at radius 3 is 2.52 bits per heavy atom. The Kier molecular flexibility index (Phi) is 5.12. The van der Waals surface area contributed by atoms with Gasteiger partial charge in [0.25, 0.3) is 11.6 Å². The molecule has 3 rings (SSSR count). The monoisotopic (exact) mass is 364 g/mol. The molecule has 0 aliphatic rings. The van der Waals surface area contributed by atoms with Crippen LogP contribution in [0.5, 0.6) is 0 Å². The van der Waals surface area contributed by atoms with E-state index in [2.05, 4.69) is 5.32 Å². The van der Waals surface area contributed by atoms with Crippen LogP contribution in [0.3, 0.4) is 0 Å². The number of nitro groups is 1. The molecular weight excluding hydrogens is 348 g/mol. The van der Waals surface area contributed by atoms with E-state index in [4.69, 9.17) is 4.74 Å². The molecule has 0 saturated carbocycles. The number of esters is 1. The number of carbonyl (C=O) groups excluding carboxylic acids is 2. The van der Waals surface area contributed by atoms with Crippen molar-refractivity contribution in [2.45, 2.75) is 13.0 Å². The number of amides is 1. The molecule has 7 heteroatoms. The second-order valence-corrected chi connectivity index (χ2v) is 5.87. The van der Waals surface area contributed by atoms with Gasteiger partial charge in [-0.15, -0.1) is 0 Å². The molecule has 0 spiro atoms. The Bertz CT molecular complexity index is 1030. The van der Waals surface area contributed by atoms with Crippen LogP contribution in [-0.4, -0.2) is 22.9 Å².